The van der Waals surface area contributed by atoms with E-state index in [9.17, 15) is 0 Å². The number of hydrogen-bond donors (Lipinski definition) is 0. The highest BCUT2D eigenvalue weighted by atomic mass is 31.1. The van der Waals surface area contributed by atoms with E-state index in [0.717, 1.165) is 34.1 Å². The summed E-state index contributed by atoms with van der Waals surface area (Å²) in [7, 11) is -1.78. The minimum absolute atomic E-state index is 0.209. The maximum Gasteiger partial charge on any atom is 0.231 e. The SMILES string of the molecule is c1ccc(P(c2ccccc2)c2ccc3c(c2Cc2c(P(c4ccccc4)c4ccccc4)ccc4c2OCO4)OCO3)cc1. The van der Waals surface area contributed by atoms with Gasteiger partial charge in [-0.1, -0.05) is 121 Å². The van der Waals surface area contributed by atoms with E-state index >= 15 is 0 Å². The Kier molecular flexibility index (Phi) is 7.69. The number of hydrogen-bond acceptors (Lipinski definition) is 4. The number of benzene rings is 6. The van der Waals surface area contributed by atoms with Crippen molar-refractivity contribution in [2.45, 2.75) is 6.42 Å². The topological polar surface area (TPSA) is 36.9 Å². The predicted octanol–water partition coefficient (Wildman–Crippen LogP) is 6.25. The molecule has 0 unspecified atom stereocenters. The van der Waals surface area contributed by atoms with Crippen LogP contribution in [0.4, 0.5) is 0 Å². The summed E-state index contributed by atoms with van der Waals surface area (Å²) >= 11 is 0. The molecule has 0 aliphatic carbocycles. The van der Waals surface area contributed by atoms with Gasteiger partial charge in [0, 0.05) is 17.5 Å². The molecule has 0 spiro atoms. The summed E-state index contributed by atoms with van der Waals surface area (Å²) in [5.41, 5.74) is 2.26. The number of ether oxygens (including phenoxy) is 4. The summed E-state index contributed by atoms with van der Waals surface area (Å²) < 4.78 is 24.5. The summed E-state index contributed by atoms with van der Waals surface area (Å²) in [5, 5.41) is 7.64. The molecule has 2 aliphatic rings. The van der Waals surface area contributed by atoms with Crippen molar-refractivity contribution in [1.82, 2.24) is 0 Å². The Balaban J connectivity index is 1.35. The molecule has 0 saturated heterocycles. The minimum atomic E-state index is -0.890. The second-order valence-corrected chi connectivity index (χ2v) is 15.2. The number of fused-ring (bicyclic) bond motifs is 2. The highest BCUT2D eigenvalue weighted by Gasteiger charge is 2.32. The molecule has 0 N–H and O–H groups in total. The maximum absolute atomic E-state index is 6.27. The van der Waals surface area contributed by atoms with Crippen LogP contribution in [0.2, 0.25) is 0 Å². The lowest BCUT2D eigenvalue weighted by molar-refractivity contribution is 0.173. The highest BCUT2D eigenvalue weighted by Crippen LogP contribution is 2.47. The van der Waals surface area contributed by atoms with Crippen molar-refractivity contribution >= 4 is 47.7 Å². The van der Waals surface area contributed by atoms with Crippen LogP contribution in [-0.4, -0.2) is 13.6 Å². The van der Waals surface area contributed by atoms with Crippen LogP contribution in [0.1, 0.15) is 11.1 Å². The molecule has 0 aromatic heterocycles. The summed E-state index contributed by atoms with van der Waals surface area (Å²) in [6.45, 7) is 0.418. The predicted molar refractivity (Wildman–Crippen MR) is 185 cm³/mol. The van der Waals surface area contributed by atoms with Crippen molar-refractivity contribution in [2.75, 3.05) is 13.6 Å². The Bertz CT molecular complexity index is 1710. The monoisotopic (exact) mass is 624 g/mol. The zero-order chi connectivity index (χ0) is 30.0. The van der Waals surface area contributed by atoms with E-state index in [4.69, 9.17) is 18.9 Å². The van der Waals surface area contributed by atoms with E-state index in [-0.39, 0.29) is 13.6 Å². The molecule has 6 aromatic carbocycles. The van der Waals surface area contributed by atoms with Gasteiger partial charge in [-0.15, -0.1) is 0 Å². The average molecular weight is 625 g/mol. The van der Waals surface area contributed by atoms with Gasteiger partial charge in [0.2, 0.25) is 13.6 Å². The van der Waals surface area contributed by atoms with Crippen molar-refractivity contribution < 1.29 is 18.9 Å². The van der Waals surface area contributed by atoms with E-state index in [1.807, 2.05) is 0 Å². The first-order chi connectivity index (χ1) is 22.3. The van der Waals surface area contributed by atoms with Crippen molar-refractivity contribution in [1.29, 1.82) is 0 Å². The molecule has 220 valence electrons. The molecule has 0 saturated carbocycles. The Morgan fingerprint density at radius 1 is 0.378 bits per heavy atom. The molecular weight excluding hydrogens is 594 g/mol. The molecule has 0 fully saturated rings. The van der Waals surface area contributed by atoms with E-state index in [1.165, 1.54) is 31.8 Å². The van der Waals surface area contributed by atoms with Gasteiger partial charge >= 0.3 is 0 Å². The van der Waals surface area contributed by atoms with E-state index in [2.05, 4.69) is 146 Å². The van der Waals surface area contributed by atoms with Crippen LogP contribution < -0.4 is 50.8 Å². The van der Waals surface area contributed by atoms with Gasteiger partial charge in [0.1, 0.15) is 0 Å². The maximum atomic E-state index is 6.27. The van der Waals surface area contributed by atoms with Crippen molar-refractivity contribution in [3.63, 3.8) is 0 Å². The summed E-state index contributed by atoms with van der Waals surface area (Å²) in [5.74, 6) is 3.20. The Labute approximate surface area is 265 Å². The van der Waals surface area contributed by atoms with Gasteiger partial charge in [0.05, 0.1) is 0 Å². The molecule has 0 amide bonds. The van der Waals surface area contributed by atoms with Gasteiger partial charge in [-0.05, 0) is 71.9 Å². The van der Waals surface area contributed by atoms with E-state index < -0.39 is 15.8 Å². The van der Waals surface area contributed by atoms with Gasteiger partial charge in [-0.2, -0.15) is 0 Å². The van der Waals surface area contributed by atoms with Crippen molar-refractivity contribution in [3.05, 3.63) is 157 Å². The van der Waals surface area contributed by atoms with Gasteiger partial charge < -0.3 is 18.9 Å². The summed E-state index contributed by atoms with van der Waals surface area (Å²) in [6.07, 6.45) is 0.612. The molecule has 8 rings (SSSR count). The molecule has 2 heterocycles. The van der Waals surface area contributed by atoms with Crippen molar-refractivity contribution in [2.24, 2.45) is 0 Å². The minimum Gasteiger partial charge on any atom is -0.454 e. The molecular formula is C39H30O4P2. The molecule has 4 nitrogen and oxygen atoms in total. The van der Waals surface area contributed by atoms with Crippen LogP contribution in [0.5, 0.6) is 23.0 Å². The van der Waals surface area contributed by atoms with Gasteiger partial charge in [0.15, 0.2) is 23.0 Å². The van der Waals surface area contributed by atoms with Gasteiger partial charge in [0.25, 0.3) is 0 Å². The Morgan fingerprint density at radius 2 is 0.711 bits per heavy atom. The fourth-order valence-corrected chi connectivity index (χ4v) is 11.1. The third-order valence-corrected chi connectivity index (χ3v) is 13.2. The Hall–Kier alpha value is -4.62. The fraction of sp³-hybridized carbons (Fsp3) is 0.0769. The van der Waals surface area contributed by atoms with Crippen LogP contribution in [0.25, 0.3) is 0 Å². The van der Waals surface area contributed by atoms with Crippen LogP contribution in [0, 0.1) is 0 Å². The molecule has 0 atom stereocenters. The molecule has 0 bridgehead atoms. The first kappa shape index (κ1) is 27.9. The molecule has 45 heavy (non-hydrogen) atoms. The summed E-state index contributed by atoms with van der Waals surface area (Å²) in [6, 6.07) is 51.8. The molecule has 6 aromatic rings. The second-order valence-electron chi connectivity index (χ2n) is 10.8. The van der Waals surface area contributed by atoms with E-state index in [0.29, 0.717) is 6.42 Å². The standard InChI is InChI=1S/C39H30O4P2/c1-5-13-28(14-6-1)44(29-15-7-2-8-16-29)36-23-21-34-38(42-26-40-34)32(36)25-33-37(24-22-35-39(33)43-27-41-35)45(30-17-9-3-10-18-30)31-19-11-4-12-20-31/h1-24H,25-27H2. The Morgan fingerprint density at radius 3 is 1.04 bits per heavy atom. The smallest absolute Gasteiger partial charge is 0.231 e. The summed E-state index contributed by atoms with van der Waals surface area (Å²) in [4.78, 5) is 0. The van der Waals surface area contributed by atoms with Crippen LogP contribution in [-0.2, 0) is 6.42 Å². The van der Waals surface area contributed by atoms with Crippen LogP contribution in [0.15, 0.2) is 146 Å². The van der Waals surface area contributed by atoms with Gasteiger partial charge in [-0.3, -0.25) is 0 Å². The lowest BCUT2D eigenvalue weighted by Crippen LogP contribution is -2.26. The van der Waals surface area contributed by atoms with Gasteiger partial charge in [-0.25, -0.2) is 0 Å². The van der Waals surface area contributed by atoms with Crippen LogP contribution in [0.3, 0.4) is 0 Å². The lowest BCUT2D eigenvalue weighted by atomic mass is 10.0. The van der Waals surface area contributed by atoms with Crippen molar-refractivity contribution in [3.8, 4) is 23.0 Å². The van der Waals surface area contributed by atoms with E-state index in [1.54, 1.807) is 0 Å². The first-order valence-corrected chi connectivity index (χ1v) is 17.7. The normalized spacial score (nSPS) is 13.0. The second kappa shape index (κ2) is 12.4. The third kappa shape index (κ3) is 5.35. The molecule has 0 radical (unpaired) electrons. The quantitative estimate of drug-likeness (QED) is 0.188. The highest BCUT2D eigenvalue weighted by molar-refractivity contribution is 7.80. The third-order valence-electron chi connectivity index (χ3n) is 8.13. The first-order valence-electron chi connectivity index (χ1n) is 15.0. The average Bonchev–Trinajstić information content (AvgIpc) is 3.79. The zero-order valence-corrected chi connectivity index (χ0v) is 26.3. The molecule has 2 aliphatic heterocycles. The zero-order valence-electron chi connectivity index (χ0n) is 24.5. The largest absolute Gasteiger partial charge is 0.454 e. The lowest BCUT2D eigenvalue weighted by Gasteiger charge is -2.26. The fourth-order valence-electron chi connectivity index (χ4n) is 6.14. The van der Waals surface area contributed by atoms with Crippen LogP contribution >= 0.6 is 15.8 Å². The molecule has 6 heteroatoms. The number of rotatable bonds is 8.